The van der Waals surface area contributed by atoms with Gasteiger partial charge in [0, 0.05) is 12.6 Å². The lowest BCUT2D eigenvalue weighted by molar-refractivity contribution is -0.0519. The molecule has 1 amide bonds. The molecule has 0 aliphatic carbocycles. The zero-order valence-electron chi connectivity index (χ0n) is 10.3. The van der Waals surface area contributed by atoms with Crippen LogP contribution in [0.15, 0.2) is 0 Å². The molecule has 2 unspecified atom stereocenters. The lowest BCUT2D eigenvalue weighted by atomic mass is 10.2. The van der Waals surface area contributed by atoms with Gasteiger partial charge in [0.25, 0.3) is 0 Å². The fraction of sp³-hybridized carbons (Fsp3) is 0.889. The molecule has 0 saturated carbocycles. The van der Waals surface area contributed by atoms with Crippen LogP contribution < -0.4 is 4.72 Å². The zero-order valence-corrected chi connectivity index (χ0v) is 11.1. The molecule has 1 saturated heterocycles. The molecule has 2 N–H and O–H groups in total. The van der Waals surface area contributed by atoms with E-state index in [-0.39, 0.29) is 26.4 Å². The van der Waals surface area contributed by atoms with E-state index in [0.717, 1.165) is 4.31 Å². The summed E-state index contributed by atoms with van der Waals surface area (Å²) >= 11 is 0. The average Bonchev–Trinajstić information content (AvgIpc) is 2.29. The van der Waals surface area contributed by atoms with Gasteiger partial charge in [0.1, 0.15) is 0 Å². The number of ether oxygens (including phenoxy) is 2. The van der Waals surface area contributed by atoms with Gasteiger partial charge in [-0.1, -0.05) is 0 Å². The molecule has 8 nitrogen and oxygen atoms in total. The lowest BCUT2D eigenvalue weighted by Gasteiger charge is -2.35. The first kappa shape index (κ1) is 15.2. The van der Waals surface area contributed by atoms with Gasteiger partial charge >= 0.3 is 16.3 Å². The smallest absolute Gasteiger partial charge is 0.421 e. The number of carbonyl (C=O) groups excluding carboxylic acids is 1. The van der Waals surface area contributed by atoms with Gasteiger partial charge in [0.2, 0.25) is 0 Å². The lowest BCUT2D eigenvalue weighted by Crippen LogP contribution is -2.56. The Bertz CT molecular complexity index is 385. The number of nitrogens with zero attached hydrogens (tertiary/aromatic N) is 1. The van der Waals surface area contributed by atoms with Crippen molar-refractivity contribution in [3.63, 3.8) is 0 Å². The number of rotatable bonds is 4. The summed E-state index contributed by atoms with van der Waals surface area (Å²) in [6.45, 7) is 3.18. The fourth-order valence-corrected chi connectivity index (χ4v) is 2.85. The summed E-state index contributed by atoms with van der Waals surface area (Å²) in [7, 11) is -3.98. The van der Waals surface area contributed by atoms with Gasteiger partial charge in [-0.3, -0.25) is 0 Å². The Morgan fingerprint density at radius 1 is 1.61 bits per heavy atom. The monoisotopic (exact) mass is 282 g/mol. The van der Waals surface area contributed by atoms with E-state index in [4.69, 9.17) is 9.84 Å². The van der Waals surface area contributed by atoms with Crippen LogP contribution in [0.3, 0.4) is 0 Å². The molecular formula is C9H18N2O6S. The summed E-state index contributed by atoms with van der Waals surface area (Å²) in [6, 6.07) is -0.417. The number of aliphatic hydroxyl groups is 1. The quantitative estimate of drug-likeness (QED) is 0.689. The highest BCUT2D eigenvalue weighted by atomic mass is 32.2. The molecule has 0 aromatic carbocycles. The van der Waals surface area contributed by atoms with E-state index in [2.05, 4.69) is 4.74 Å². The normalized spacial score (nSPS) is 25.7. The summed E-state index contributed by atoms with van der Waals surface area (Å²) < 4.78 is 36.5. The van der Waals surface area contributed by atoms with E-state index in [1.54, 1.807) is 18.6 Å². The second-order valence-electron chi connectivity index (χ2n) is 3.88. The number of aliphatic hydroxyl groups excluding tert-OH is 1. The van der Waals surface area contributed by atoms with Crippen LogP contribution in [0.2, 0.25) is 0 Å². The molecule has 0 aromatic heterocycles. The van der Waals surface area contributed by atoms with Crippen molar-refractivity contribution in [1.82, 2.24) is 9.03 Å². The number of carbonyl (C=O) groups is 1. The number of hydrogen-bond acceptors (Lipinski definition) is 6. The maximum Gasteiger partial charge on any atom is 0.421 e. The van der Waals surface area contributed by atoms with E-state index in [0.29, 0.717) is 0 Å². The standard InChI is InChI=1S/C9H18N2O6S/c1-3-16-9(13)10-18(14,15)11-4-8(5-12)17-6-7(11)2/h7-8,12H,3-6H2,1-2H3,(H,10,13). The molecule has 106 valence electrons. The van der Waals surface area contributed by atoms with Crippen molar-refractivity contribution in [2.75, 3.05) is 26.4 Å². The van der Waals surface area contributed by atoms with Gasteiger partial charge in [-0.15, -0.1) is 0 Å². The maximum absolute atomic E-state index is 11.9. The molecule has 1 fully saturated rings. The molecule has 1 aliphatic rings. The molecule has 0 radical (unpaired) electrons. The van der Waals surface area contributed by atoms with Crippen LogP contribution in [0, 0.1) is 0 Å². The van der Waals surface area contributed by atoms with Gasteiger partial charge in [0.05, 0.1) is 25.9 Å². The molecular weight excluding hydrogens is 264 g/mol. The Labute approximate surface area is 106 Å². The summed E-state index contributed by atoms with van der Waals surface area (Å²) in [5.74, 6) is 0. The van der Waals surface area contributed by atoms with Crippen molar-refractivity contribution in [3.05, 3.63) is 0 Å². The predicted octanol–water partition coefficient (Wildman–Crippen LogP) is -0.941. The third kappa shape index (κ3) is 3.80. The summed E-state index contributed by atoms with van der Waals surface area (Å²) in [4.78, 5) is 11.1. The van der Waals surface area contributed by atoms with Crippen molar-refractivity contribution in [2.24, 2.45) is 0 Å². The Kier molecular flexibility index (Phi) is 5.32. The second kappa shape index (κ2) is 6.32. The van der Waals surface area contributed by atoms with E-state index in [1.165, 1.54) is 0 Å². The second-order valence-corrected chi connectivity index (χ2v) is 5.51. The topological polar surface area (TPSA) is 105 Å². The molecule has 0 bridgehead atoms. The number of hydrogen-bond donors (Lipinski definition) is 2. The van der Waals surface area contributed by atoms with Crippen molar-refractivity contribution in [3.8, 4) is 0 Å². The van der Waals surface area contributed by atoms with Crippen LogP contribution >= 0.6 is 0 Å². The van der Waals surface area contributed by atoms with Gasteiger partial charge in [-0.2, -0.15) is 12.7 Å². The highest BCUT2D eigenvalue weighted by Gasteiger charge is 2.35. The molecule has 1 rings (SSSR count). The minimum atomic E-state index is -3.98. The number of morpholine rings is 1. The first-order valence-corrected chi connectivity index (χ1v) is 7.03. The third-order valence-electron chi connectivity index (χ3n) is 2.45. The Balaban J connectivity index is 2.73. The number of nitrogens with one attached hydrogen (secondary N) is 1. The molecule has 18 heavy (non-hydrogen) atoms. The number of amides is 1. The maximum atomic E-state index is 11.9. The largest absolute Gasteiger partial charge is 0.449 e. The van der Waals surface area contributed by atoms with Gasteiger partial charge < -0.3 is 14.6 Å². The molecule has 9 heteroatoms. The summed E-state index contributed by atoms with van der Waals surface area (Å²) in [5, 5.41) is 8.97. The minimum Gasteiger partial charge on any atom is -0.449 e. The van der Waals surface area contributed by atoms with Crippen LogP contribution in [-0.4, -0.2) is 62.4 Å². The molecule has 0 spiro atoms. The van der Waals surface area contributed by atoms with E-state index in [1.807, 2.05) is 0 Å². The average molecular weight is 282 g/mol. The first-order chi connectivity index (χ1) is 8.40. The van der Waals surface area contributed by atoms with E-state index < -0.39 is 28.4 Å². The predicted molar refractivity (Wildman–Crippen MR) is 62.1 cm³/mol. The van der Waals surface area contributed by atoms with E-state index in [9.17, 15) is 13.2 Å². The third-order valence-corrected chi connectivity index (χ3v) is 4.00. The molecule has 2 atom stereocenters. The van der Waals surface area contributed by atoms with Crippen LogP contribution in [0.5, 0.6) is 0 Å². The van der Waals surface area contributed by atoms with Crippen LogP contribution in [0.25, 0.3) is 0 Å². The van der Waals surface area contributed by atoms with Crippen molar-refractivity contribution in [2.45, 2.75) is 26.0 Å². The Hall–Kier alpha value is -0.900. The molecule has 1 heterocycles. The Morgan fingerprint density at radius 3 is 2.83 bits per heavy atom. The van der Waals surface area contributed by atoms with Gasteiger partial charge in [-0.05, 0) is 13.8 Å². The van der Waals surface area contributed by atoms with Crippen LogP contribution in [-0.2, 0) is 19.7 Å². The SMILES string of the molecule is CCOC(=O)NS(=O)(=O)N1CC(CO)OCC1C. The fourth-order valence-electron chi connectivity index (χ4n) is 1.56. The van der Waals surface area contributed by atoms with Crippen molar-refractivity contribution in [1.29, 1.82) is 0 Å². The Morgan fingerprint density at radius 2 is 2.28 bits per heavy atom. The van der Waals surface area contributed by atoms with Gasteiger partial charge in [0.15, 0.2) is 0 Å². The van der Waals surface area contributed by atoms with E-state index >= 15 is 0 Å². The van der Waals surface area contributed by atoms with Gasteiger partial charge in [-0.25, -0.2) is 9.52 Å². The van der Waals surface area contributed by atoms with Crippen LogP contribution in [0.1, 0.15) is 13.8 Å². The summed E-state index contributed by atoms with van der Waals surface area (Å²) in [5.41, 5.74) is 0. The van der Waals surface area contributed by atoms with Crippen LogP contribution in [0.4, 0.5) is 4.79 Å². The zero-order chi connectivity index (χ0) is 13.8. The highest BCUT2D eigenvalue weighted by Crippen LogP contribution is 2.14. The first-order valence-electron chi connectivity index (χ1n) is 5.59. The summed E-state index contributed by atoms with van der Waals surface area (Å²) in [6.07, 6.45) is -1.60. The highest BCUT2D eigenvalue weighted by molar-refractivity contribution is 7.87. The van der Waals surface area contributed by atoms with Crippen molar-refractivity contribution >= 4 is 16.3 Å². The molecule has 0 aromatic rings. The molecule has 1 aliphatic heterocycles. The van der Waals surface area contributed by atoms with Crippen molar-refractivity contribution < 1.29 is 27.8 Å². The minimum absolute atomic E-state index is 0.00753.